The minimum Gasteiger partial charge on any atom is -0.0628 e. The normalized spacial score (nSPS) is 11.3. The molecule has 0 aromatic heterocycles. The summed E-state index contributed by atoms with van der Waals surface area (Å²) in [4.78, 5) is 0. The van der Waals surface area contributed by atoms with Crippen LogP contribution in [0.3, 0.4) is 0 Å². The second-order valence-electron chi connectivity index (χ2n) is 3.45. The van der Waals surface area contributed by atoms with Crippen molar-refractivity contribution < 1.29 is 0 Å². The van der Waals surface area contributed by atoms with Crippen molar-refractivity contribution in [3.8, 4) is 0 Å². The lowest BCUT2D eigenvalue weighted by atomic mass is 10.0. The van der Waals surface area contributed by atoms with E-state index in [1.807, 2.05) is 0 Å². The highest BCUT2D eigenvalue weighted by atomic mass is 14.0. The molecule has 0 aromatic carbocycles. The molecule has 0 aliphatic carbocycles. The number of hydrogen-bond donors (Lipinski definition) is 0. The van der Waals surface area contributed by atoms with Crippen LogP contribution >= 0.6 is 0 Å². The Balaban J connectivity index is 2.91. The zero-order chi connectivity index (χ0) is 7.28. The Kier molecular flexibility index (Phi) is 4.84. The fraction of sp³-hybridized carbons (Fsp3) is 0.889. The van der Waals surface area contributed by atoms with Crippen LogP contribution in [0.15, 0.2) is 0 Å². The van der Waals surface area contributed by atoms with Crippen molar-refractivity contribution in [2.75, 3.05) is 0 Å². The Hall–Kier alpha value is 0. The molecule has 9 heavy (non-hydrogen) atoms. The second-order valence-corrected chi connectivity index (χ2v) is 3.45. The van der Waals surface area contributed by atoms with Crippen LogP contribution in [0.4, 0.5) is 0 Å². The largest absolute Gasteiger partial charge is 0.0628 e. The van der Waals surface area contributed by atoms with Crippen LogP contribution in [0.2, 0.25) is 0 Å². The molecule has 0 bridgehead atoms. The molecule has 0 atom stereocenters. The van der Waals surface area contributed by atoms with Crippen molar-refractivity contribution in [1.29, 1.82) is 0 Å². The van der Waals surface area contributed by atoms with Gasteiger partial charge in [-0.05, 0) is 31.1 Å². The van der Waals surface area contributed by atoms with Crippen LogP contribution in [-0.4, -0.2) is 0 Å². The van der Waals surface area contributed by atoms with Crippen molar-refractivity contribution in [2.24, 2.45) is 11.8 Å². The zero-order valence-corrected chi connectivity index (χ0v) is 7.07. The minimum atomic E-state index is 0.781. The maximum Gasteiger partial charge on any atom is -0.0168 e. The van der Waals surface area contributed by atoms with Gasteiger partial charge in [0, 0.05) is 0 Å². The third-order valence-electron chi connectivity index (χ3n) is 1.11. The van der Waals surface area contributed by atoms with Gasteiger partial charge < -0.3 is 0 Å². The molecule has 0 fully saturated rings. The third-order valence-corrected chi connectivity index (χ3v) is 1.11. The van der Waals surface area contributed by atoms with Gasteiger partial charge in [-0.15, -0.1) is 0 Å². The summed E-state index contributed by atoms with van der Waals surface area (Å²) in [7, 11) is 0. The lowest BCUT2D eigenvalue weighted by Gasteiger charge is -2.04. The Morgan fingerprint density at radius 1 is 0.889 bits per heavy atom. The topological polar surface area (TPSA) is 0 Å². The Bertz CT molecular complexity index is 45.1. The van der Waals surface area contributed by atoms with Crippen LogP contribution < -0.4 is 0 Å². The molecule has 2 radical (unpaired) electrons. The average molecular weight is 126 g/mol. The molecule has 0 nitrogen and oxygen atoms in total. The Morgan fingerprint density at radius 2 is 1.22 bits per heavy atom. The van der Waals surface area contributed by atoms with Gasteiger partial charge in [0.2, 0.25) is 0 Å². The average Bonchev–Trinajstić information content (AvgIpc) is 1.63. The minimum absolute atomic E-state index is 0.781. The van der Waals surface area contributed by atoms with E-state index >= 15 is 0 Å². The molecule has 0 aromatic rings. The molecule has 0 N–H and O–H groups in total. The van der Waals surface area contributed by atoms with E-state index in [1.54, 1.807) is 0 Å². The van der Waals surface area contributed by atoms with Gasteiger partial charge in [0.25, 0.3) is 0 Å². The Morgan fingerprint density at radius 3 is 1.44 bits per heavy atom. The van der Waals surface area contributed by atoms with E-state index in [-0.39, 0.29) is 0 Å². The van der Waals surface area contributed by atoms with Gasteiger partial charge in [0.05, 0.1) is 0 Å². The van der Waals surface area contributed by atoms with Gasteiger partial charge in [-0.1, -0.05) is 27.7 Å². The molecule has 0 heterocycles. The lowest BCUT2D eigenvalue weighted by molar-refractivity contribution is 0.565. The van der Waals surface area contributed by atoms with Crippen molar-refractivity contribution >= 4 is 0 Å². The van der Waals surface area contributed by atoms with E-state index in [2.05, 4.69) is 34.1 Å². The van der Waals surface area contributed by atoms with Gasteiger partial charge in [0.1, 0.15) is 0 Å². The molecule has 0 saturated carbocycles. The van der Waals surface area contributed by atoms with Crippen LogP contribution in [0.1, 0.15) is 40.5 Å². The molecular weight excluding hydrogens is 108 g/mol. The first kappa shape index (κ1) is 9.00. The first-order valence-corrected chi connectivity index (χ1v) is 3.83. The predicted molar refractivity (Wildman–Crippen MR) is 42.2 cm³/mol. The van der Waals surface area contributed by atoms with Gasteiger partial charge in [-0.25, -0.2) is 0 Å². The maximum absolute atomic E-state index is 3.38. The van der Waals surface area contributed by atoms with Crippen LogP contribution in [0.5, 0.6) is 0 Å². The maximum atomic E-state index is 3.38. The molecule has 0 unspecified atom stereocenters. The van der Waals surface area contributed by atoms with Crippen LogP contribution in [-0.2, 0) is 0 Å². The summed E-state index contributed by atoms with van der Waals surface area (Å²) in [5.74, 6) is 1.56. The highest BCUT2D eigenvalue weighted by Crippen LogP contribution is 2.09. The summed E-state index contributed by atoms with van der Waals surface area (Å²) >= 11 is 0. The van der Waals surface area contributed by atoms with Crippen molar-refractivity contribution in [2.45, 2.75) is 40.5 Å². The molecule has 0 aliphatic heterocycles. The third kappa shape index (κ3) is 8.00. The highest BCUT2D eigenvalue weighted by Gasteiger charge is 1.96. The second kappa shape index (κ2) is 4.84. The predicted octanol–water partition coefficient (Wildman–Crippen LogP) is 3.16. The van der Waals surface area contributed by atoms with Gasteiger partial charge >= 0.3 is 0 Å². The molecular formula is C9H18. The lowest BCUT2D eigenvalue weighted by Crippen LogP contribution is -1.91. The van der Waals surface area contributed by atoms with E-state index in [9.17, 15) is 0 Å². The van der Waals surface area contributed by atoms with E-state index in [1.165, 1.54) is 0 Å². The summed E-state index contributed by atoms with van der Waals surface area (Å²) in [5.41, 5.74) is 0. The highest BCUT2D eigenvalue weighted by molar-refractivity contribution is 4.67. The molecule has 0 heteroatoms. The van der Waals surface area contributed by atoms with Gasteiger partial charge in [-0.2, -0.15) is 0 Å². The summed E-state index contributed by atoms with van der Waals surface area (Å²) < 4.78 is 0. The fourth-order valence-corrected chi connectivity index (χ4v) is 0.661. The van der Waals surface area contributed by atoms with Gasteiger partial charge in [0.15, 0.2) is 0 Å². The molecule has 0 rings (SSSR count). The number of hydrogen-bond acceptors (Lipinski definition) is 0. The van der Waals surface area contributed by atoms with E-state index in [0.717, 1.165) is 24.7 Å². The van der Waals surface area contributed by atoms with Crippen molar-refractivity contribution in [1.82, 2.24) is 0 Å². The molecule has 0 saturated heterocycles. The summed E-state index contributed by atoms with van der Waals surface area (Å²) in [6, 6.07) is 0. The summed E-state index contributed by atoms with van der Waals surface area (Å²) in [6.07, 6.45) is 5.69. The Labute approximate surface area is 59.7 Å². The fourth-order valence-electron chi connectivity index (χ4n) is 0.661. The quantitative estimate of drug-likeness (QED) is 0.542. The molecule has 0 spiro atoms. The van der Waals surface area contributed by atoms with E-state index in [0.29, 0.717) is 0 Å². The molecule has 0 aliphatic rings. The smallest absolute Gasteiger partial charge is 0.0168 e. The SMILES string of the molecule is CC(C)C[C]CC(C)C. The van der Waals surface area contributed by atoms with Crippen LogP contribution in [0, 0.1) is 18.3 Å². The number of rotatable bonds is 4. The van der Waals surface area contributed by atoms with E-state index < -0.39 is 0 Å². The summed E-state index contributed by atoms with van der Waals surface area (Å²) in [5, 5.41) is 0. The van der Waals surface area contributed by atoms with Crippen LogP contribution in [0.25, 0.3) is 0 Å². The summed E-state index contributed by atoms with van der Waals surface area (Å²) in [6.45, 7) is 8.92. The standard InChI is InChI=1S/C9H18/c1-8(2)6-5-7-9(3)4/h8-9H,6-7H2,1-4H3. The van der Waals surface area contributed by atoms with E-state index in [4.69, 9.17) is 0 Å². The monoisotopic (exact) mass is 126 g/mol. The van der Waals surface area contributed by atoms with Gasteiger partial charge in [-0.3, -0.25) is 0 Å². The molecule has 54 valence electrons. The molecule has 0 amide bonds. The first-order chi connectivity index (χ1) is 4.13. The zero-order valence-electron chi connectivity index (χ0n) is 7.07. The van der Waals surface area contributed by atoms with Crippen molar-refractivity contribution in [3.05, 3.63) is 6.42 Å². The van der Waals surface area contributed by atoms with Crippen molar-refractivity contribution in [3.63, 3.8) is 0 Å². The first-order valence-electron chi connectivity index (χ1n) is 3.83.